The Hall–Kier alpha value is -1.55. The Bertz CT molecular complexity index is 299. The van der Waals surface area contributed by atoms with Crippen LogP contribution >= 0.6 is 0 Å². The van der Waals surface area contributed by atoms with Gasteiger partial charge < -0.3 is 15.8 Å². The van der Waals surface area contributed by atoms with Gasteiger partial charge in [0, 0.05) is 0 Å². The van der Waals surface area contributed by atoms with Crippen molar-refractivity contribution >= 4 is 6.09 Å². The first kappa shape index (κ1) is 13.5. The zero-order valence-electron chi connectivity index (χ0n) is 10.0. The number of primary amides is 1. The van der Waals surface area contributed by atoms with Crippen molar-refractivity contribution in [3.05, 3.63) is 35.9 Å². The van der Waals surface area contributed by atoms with Gasteiger partial charge in [-0.05, 0) is 31.5 Å². The molecule has 17 heavy (non-hydrogen) atoms. The molecular formula is C13H20N2O2. The number of benzene rings is 1. The molecule has 0 aromatic heterocycles. The zero-order chi connectivity index (χ0) is 12.3. The summed E-state index contributed by atoms with van der Waals surface area (Å²) in [7, 11) is 0. The summed E-state index contributed by atoms with van der Waals surface area (Å²) in [5.41, 5.74) is 5.72. The maximum Gasteiger partial charge on any atom is 0.404 e. The average Bonchev–Trinajstić information content (AvgIpc) is 2.40. The van der Waals surface area contributed by atoms with Gasteiger partial charge in [-0.2, -0.15) is 0 Å². The van der Waals surface area contributed by atoms with Crippen LogP contribution in [0, 0.1) is 0 Å². The summed E-state index contributed by atoms with van der Waals surface area (Å²) >= 11 is 0. The predicted octanol–water partition coefficient (Wildman–Crippen LogP) is 2.04. The molecule has 3 N–H and O–H groups in total. The van der Waals surface area contributed by atoms with Crippen molar-refractivity contribution in [3.63, 3.8) is 0 Å². The first-order valence-electron chi connectivity index (χ1n) is 5.96. The van der Waals surface area contributed by atoms with Crippen LogP contribution in [-0.4, -0.2) is 19.2 Å². The highest BCUT2D eigenvalue weighted by molar-refractivity contribution is 5.64. The Morgan fingerprint density at radius 2 is 1.82 bits per heavy atom. The van der Waals surface area contributed by atoms with Gasteiger partial charge in [0.05, 0.1) is 0 Å². The van der Waals surface area contributed by atoms with Crippen LogP contribution < -0.4 is 11.1 Å². The lowest BCUT2D eigenvalue weighted by Gasteiger charge is -2.08. The monoisotopic (exact) mass is 236 g/mol. The lowest BCUT2D eigenvalue weighted by Crippen LogP contribution is -2.21. The number of nitrogens with one attached hydrogen (secondary N) is 1. The number of hydrogen-bond acceptors (Lipinski definition) is 3. The third-order valence-corrected chi connectivity index (χ3v) is 2.43. The lowest BCUT2D eigenvalue weighted by molar-refractivity contribution is 0.150. The van der Waals surface area contributed by atoms with E-state index in [1.807, 2.05) is 30.3 Å². The van der Waals surface area contributed by atoms with Crippen molar-refractivity contribution in [2.75, 3.05) is 13.1 Å². The molecule has 1 aromatic carbocycles. The van der Waals surface area contributed by atoms with E-state index in [2.05, 4.69) is 10.1 Å². The zero-order valence-corrected chi connectivity index (χ0v) is 10.0. The topological polar surface area (TPSA) is 64.3 Å². The number of carbonyl (C=O) groups excluding carboxylic acids is 1. The minimum atomic E-state index is -0.742. The summed E-state index contributed by atoms with van der Waals surface area (Å²) < 4.78 is 4.57. The number of nitrogens with two attached hydrogens (primary N) is 1. The molecule has 0 bridgehead atoms. The standard InChI is InChI=1S/C8H9NO2.C5H11N/c9-8(10)11-6-7-4-2-1-3-5-7;1-2-4-6-5-3-1/h1-5H,6H2,(H2,9,10);6H,1-5H2. The molecule has 1 amide bonds. The van der Waals surface area contributed by atoms with Crippen molar-refractivity contribution < 1.29 is 9.53 Å². The van der Waals surface area contributed by atoms with Gasteiger partial charge in [-0.1, -0.05) is 36.8 Å². The number of carbonyl (C=O) groups is 1. The van der Waals surface area contributed by atoms with Gasteiger partial charge in [-0.15, -0.1) is 0 Å². The Kier molecular flexibility index (Phi) is 6.82. The number of ether oxygens (including phenoxy) is 1. The Labute approximate surface area is 102 Å². The second kappa shape index (κ2) is 8.58. The number of piperidine rings is 1. The lowest BCUT2D eigenvalue weighted by atomic mass is 10.2. The fourth-order valence-electron chi connectivity index (χ4n) is 1.53. The average molecular weight is 236 g/mol. The molecule has 1 aliphatic rings. The van der Waals surface area contributed by atoms with Gasteiger partial charge in [-0.25, -0.2) is 4.79 Å². The van der Waals surface area contributed by atoms with Crippen LogP contribution in [0.1, 0.15) is 24.8 Å². The second-order valence-corrected chi connectivity index (χ2v) is 3.90. The minimum absolute atomic E-state index is 0.246. The van der Waals surface area contributed by atoms with Crippen LogP contribution in [0.5, 0.6) is 0 Å². The van der Waals surface area contributed by atoms with Gasteiger partial charge in [0.15, 0.2) is 0 Å². The van der Waals surface area contributed by atoms with Crippen LogP contribution in [0.4, 0.5) is 4.79 Å². The van der Waals surface area contributed by atoms with E-state index in [4.69, 9.17) is 5.73 Å². The summed E-state index contributed by atoms with van der Waals surface area (Å²) in [5.74, 6) is 0. The molecule has 0 saturated carbocycles. The third kappa shape index (κ3) is 7.36. The molecule has 94 valence electrons. The van der Waals surface area contributed by atoms with Crippen LogP contribution in [0.2, 0.25) is 0 Å². The number of rotatable bonds is 2. The largest absolute Gasteiger partial charge is 0.445 e. The number of hydrogen-bond donors (Lipinski definition) is 2. The highest BCUT2D eigenvalue weighted by Gasteiger charge is 1.94. The highest BCUT2D eigenvalue weighted by Crippen LogP contribution is 1.99. The van der Waals surface area contributed by atoms with Gasteiger partial charge in [-0.3, -0.25) is 0 Å². The van der Waals surface area contributed by atoms with Crippen molar-refractivity contribution in [2.45, 2.75) is 25.9 Å². The fraction of sp³-hybridized carbons (Fsp3) is 0.462. The molecule has 0 spiro atoms. The maximum atomic E-state index is 10.2. The summed E-state index contributed by atoms with van der Waals surface area (Å²) in [4.78, 5) is 10.2. The van der Waals surface area contributed by atoms with E-state index in [1.165, 1.54) is 32.4 Å². The first-order valence-corrected chi connectivity index (χ1v) is 5.96. The van der Waals surface area contributed by atoms with E-state index in [0.717, 1.165) is 5.56 Å². The summed E-state index contributed by atoms with van der Waals surface area (Å²) in [5, 5.41) is 3.28. The normalized spacial score (nSPS) is 14.4. The molecule has 0 unspecified atom stereocenters. The number of amides is 1. The molecule has 1 saturated heterocycles. The molecule has 2 rings (SSSR count). The van der Waals surface area contributed by atoms with Crippen molar-refractivity contribution in [2.24, 2.45) is 5.73 Å². The Morgan fingerprint density at radius 3 is 2.24 bits per heavy atom. The van der Waals surface area contributed by atoms with Gasteiger partial charge in [0.25, 0.3) is 0 Å². The van der Waals surface area contributed by atoms with E-state index in [0.29, 0.717) is 0 Å². The van der Waals surface area contributed by atoms with Crippen LogP contribution in [-0.2, 0) is 11.3 Å². The highest BCUT2D eigenvalue weighted by atomic mass is 16.5. The summed E-state index contributed by atoms with van der Waals surface area (Å²) in [6.07, 6.45) is 3.47. The summed E-state index contributed by atoms with van der Waals surface area (Å²) in [6, 6.07) is 9.37. The van der Waals surface area contributed by atoms with Crippen molar-refractivity contribution in [1.29, 1.82) is 0 Å². The van der Waals surface area contributed by atoms with Crippen LogP contribution in [0.15, 0.2) is 30.3 Å². The van der Waals surface area contributed by atoms with E-state index in [1.54, 1.807) is 0 Å². The molecule has 1 aliphatic heterocycles. The van der Waals surface area contributed by atoms with Gasteiger partial charge in [0.2, 0.25) is 0 Å². The van der Waals surface area contributed by atoms with E-state index >= 15 is 0 Å². The SMILES string of the molecule is C1CCNCC1.NC(=O)OCc1ccccc1. The van der Waals surface area contributed by atoms with Crippen molar-refractivity contribution in [1.82, 2.24) is 5.32 Å². The molecule has 4 heteroatoms. The smallest absolute Gasteiger partial charge is 0.404 e. The molecule has 0 radical (unpaired) electrons. The minimum Gasteiger partial charge on any atom is -0.445 e. The molecule has 0 atom stereocenters. The molecule has 0 aliphatic carbocycles. The molecule has 1 fully saturated rings. The maximum absolute atomic E-state index is 10.2. The molecule has 1 heterocycles. The van der Waals surface area contributed by atoms with Crippen LogP contribution in [0.3, 0.4) is 0 Å². The third-order valence-electron chi connectivity index (χ3n) is 2.43. The molecular weight excluding hydrogens is 216 g/mol. The van der Waals surface area contributed by atoms with Gasteiger partial charge in [0.1, 0.15) is 6.61 Å². The van der Waals surface area contributed by atoms with Crippen molar-refractivity contribution in [3.8, 4) is 0 Å². The summed E-state index contributed by atoms with van der Waals surface area (Å²) in [6.45, 7) is 2.75. The van der Waals surface area contributed by atoms with E-state index < -0.39 is 6.09 Å². The first-order chi connectivity index (χ1) is 8.29. The predicted molar refractivity (Wildman–Crippen MR) is 67.5 cm³/mol. The molecule has 1 aromatic rings. The second-order valence-electron chi connectivity index (χ2n) is 3.90. The fourth-order valence-corrected chi connectivity index (χ4v) is 1.53. The van der Waals surface area contributed by atoms with E-state index in [-0.39, 0.29) is 6.61 Å². The van der Waals surface area contributed by atoms with Crippen LogP contribution in [0.25, 0.3) is 0 Å². The van der Waals surface area contributed by atoms with E-state index in [9.17, 15) is 4.79 Å². The van der Waals surface area contributed by atoms with Gasteiger partial charge >= 0.3 is 6.09 Å². The molecule has 4 nitrogen and oxygen atoms in total. The quantitative estimate of drug-likeness (QED) is 0.826. The Balaban J connectivity index is 0.000000202. The Morgan fingerprint density at radius 1 is 1.18 bits per heavy atom.